The molecule has 2 aromatic heterocycles. The minimum Gasteiger partial charge on any atom is -0.461 e. The maximum absolute atomic E-state index is 6.16. The lowest BCUT2D eigenvalue weighted by Gasteiger charge is -2.11. The van der Waals surface area contributed by atoms with E-state index >= 15 is 0 Å². The molecular formula is C18H11BrClNO. The van der Waals surface area contributed by atoms with Crippen molar-refractivity contribution in [2.45, 2.75) is 0 Å². The molecule has 108 valence electrons. The highest BCUT2D eigenvalue weighted by atomic mass is 79.9. The molecule has 2 nitrogen and oxygen atoms in total. The third kappa shape index (κ3) is 2.18. The molecule has 0 N–H and O–H groups in total. The van der Waals surface area contributed by atoms with Gasteiger partial charge in [-0.15, -0.1) is 0 Å². The number of hydrogen-bond donors (Lipinski definition) is 0. The van der Waals surface area contributed by atoms with Gasteiger partial charge in [0, 0.05) is 22.3 Å². The van der Waals surface area contributed by atoms with Crippen LogP contribution in [0.2, 0.25) is 5.02 Å². The van der Waals surface area contributed by atoms with Crippen molar-refractivity contribution in [1.29, 1.82) is 0 Å². The molecule has 0 radical (unpaired) electrons. The smallest absolute Gasteiger partial charge is 0.153 e. The Morgan fingerprint density at radius 3 is 2.55 bits per heavy atom. The van der Waals surface area contributed by atoms with E-state index in [0.29, 0.717) is 5.02 Å². The predicted molar refractivity (Wildman–Crippen MR) is 93.7 cm³/mol. The summed E-state index contributed by atoms with van der Waals surface area (Å²) in [6, 6.07) is 20.1. The van der Waals surface area contributed by atoms with Crippen LogP contribution >= 0.6 is 27.5 Å². The first-order valence-corrected chi connectivity index (χ1v) is 8.01. The van der Waals surface area contributed by atoms with Crippen LogP contribution in [-0.2, 0) is 0 Å². The van der Waals surface area contributed by atoms with E-state index in [4.69, 9.17) is 16.0 Å². The van der Waals surface area contributed by atoms with Gasteiger partial charge in [-0.2, -0.15) is 0 Å². The van der Waals surface area contributed by atoms with Crippen molar-refractivity contribution in [3.05, 3.63) is 76.4 Å². The van der Waals surface area contributed by atoms with Crippen LogP contribution in [0.15, 0.2) is 75.8 Å². The van der Waals surface area contributed by atoms with Crippen LogP contribution in [0.3, 0.4) is 0 Å². The van der Waals surface area contributed by atoms with Gasteiger partial charge in [0.05, 0.1) is 10.2 Å². The van der Waals surface area contributed by atoms with Gasteiger partial charge in [0.15, 0.2) is 5.58 Å². The fourth-order valence-electron chi connectivity index (χ4n) is 2.68. The Bertz CT molecular complexity index is 956. The monoisotopic (exact) mass is 371 g/mol. The molecule has 0 unspecified atom stereocenters. The second-order valence-electron chi connectivity index (χ2n) is 5.01. The predicted octanol–water partition coefficient (Wildman–Crippen LogP) is 6.31. The van der Waals surface area contributed by atoms with Gasteiger partial charge in [-0.3, -0.25) is 0 Å². The Morgan fingerprint density at radius 2 is 1.77 bits per heavy atom. The SMILES string of the molecule is Clc1cccc(-c2cc3occ(Br)c3n2-c2ccccc2)c1. The second-order valence-corrected chi connectivity index (χ2v) is 6.30. The summed E-state index contributed by atoms with van der Waals surface area (Å²) in [5, 5.41) is 0.717. The zero-order chi connectivity index (χ0) is 15.1. The lowest BCUT2D eigenvalue weighted by molar-refractivity contribution is 0.614. The molecule has 2 heterocycles. The van der Waals surface area contributed by atoms with Gasteiger partial charge in [-0.1, -0.05) is 41.9 Å². The van der Waals surface area contributed by atoms with Crippen molar-refractivity contribution in [3.63, 3.8) is 0 Å². The Labute approximate surface area is 141 Å². The van der Waals surface area contributed by atoms with E-state index in [-0.39, 0.29) is 0 Å². The number of hydrogen-bond acceptors (Lipinski definition) is 1. The molecule has 0 amide bonds. The van der Waals surface area contributed by atoms with Crippen molar-refractivity contribution < 1.29 is 4.42 Å². The maximum atomic E-state index is 6.16. The molecule has 0 fully saturated rings. The molecule has 4 heteroatoms. The molecule has 0 saturated heterocycles. The normalized spacial score (nSPS) is 11.2. The fourth-order valence-corrected chi connectivity index (χ4v) is 3.34. The maximum Gasteiger partial charge on any atom is 0.153 e. The van der Waals surface area contributed by atoms with Crippen molar-refractivity contribution in [2.24, 2.45) is 0 Å². The number of benzene rings is 2. The van der Waals surface area contributed by atoms with E-state index in [2.05, 4.69) is 32.6 Å². The van der Waals surface area contributed by atoms with E-state index in [1.807, 2.05) is 48.5 Å². The molecule has 0 aliphatic carbocycles. The quantitative estimate of drug-likeness (QED) is 0.403. The van der Waals surface area contributed by atoms with Crippen LogP contribution in [0.25, 0.3) is 28.0 Å². The summed E-state index contributed by atoms with van der Waals surface area (Å²) in [5.74, 6) is 0. The molecule has 0 aliphatic heterocycles. The molecule has 0 aliphatic rings. The number of para-hydroxylation sites is 1. The topological polar surface area (TPSA) is 18.1 Å². The highest BCUT2D eigenvalue weighted by Gasteiger charge is 2.17. The van der Waals surface area contributed by atoms with Crippen molar-refractivity contribution in [3.8, 4) is 16.9 Å². The minimum atomic E-state index is 0.717. The molecule has 0 bridgehead atoms. The first-order chi connectivity index (χ1) is 10.7. The number of furan rings is 1. The molecule has 0 saturated carbocycles. The number of rotatable bonds is 2. The average molecular weight is 373 g/mol. The molecule has 0 atom stereocenters. The van der Waals surface area contributed by atoms with Crippen LogP contribution < -0.4 is 0 Å². The van der Waals surface area contributed by atoms with Gasteiger partial charge in [0.25, 0.3) is 0 Å². The van der Waals surface area contributed by atoms with Gasteiger partial charge in [0.1, 0.15) is 11.8 Å². The Balaban J connectivity index is 2.07. The van der Waals surface area contributed by atoms with Crippen LogP contribution in [0.1, 0.15) is 0 Å². The van der Waals surface area contributed by atoms with Crippen LogP contribution in [0.4, 0.5) is 0 Å². The third-order valence-corrected chi connectivity index (χ3v) is 4.41. The average Bonchev–Trinajstić information content (AvgIpc) is 3.08. The standard InChI is InChI=1S/C18H11BrClNO/c19-15-11-22-17-10-16(12-5-4-6-13(20)9-12)21(18(15)17)14-7-2-1-3-8-14/h1-11H. The van der Waals surface area contributed by atoms with Gasteiger partial charge < -0.3 is 8.98 Å². The Kier molecular flexibility index (Phi) is 3.32. The molecular weight excluding hydrogens is 362 g/mol. The van der Waals surface area contributed by atoms with E-state index in [1.165, 1.54) is 0 Å². The molecule has 0 spiro atoms. The highest BCUT2D eigenvalue weighted by molar-refractivity contribution is 9.10. The fraction of sp³-hybridized carbons (Fsp3) is 0. The van der Waals surface area contributed by atoms with E-state index in [0.717, 1.165) is 32.5 Å². The first-order valence-electron chi connectivity index (χ1n) is 6.84. The van der Waals surface area contributed by atoms with Gasteiger partial charge in [0.2, 0.25) is 0 Å². The lowest BCUT2D eigenvalue weighted by atomic mass is 10.1. The largest absolute Gasteiger partial charge is 0.461 e. The number of halogens is 2. The number of fused-ring (bicyclic) bond motifs is 1. The van der Waals surface area contributed by atoms with Crippen molar-refractivity contribution >= 4 is 38.6 Å². The minimum absolute atomic E-state index is 0.717. The summed E-state index contributed by atoms with van der Waals surface area (Å²) >= 11 is 9.73. The summed E-state index contributed by atoms with van der Waals surface area (Å²) in [5.41, 5.74) is 5.03. The van der Waals surface area contributed by atoms with Gasteiger partial charge >= 0.3 is 0 Å². The van der Waals surface area contributed by atoms with Crippen molar-refractivity contribution in [1.82, 2.24) is 4.57 Å². The summed E-state index contributed by atoms with van der Waals surface area (Å²) in [7, 11) is 0. The summed E-state index contributed by atoms with van der Waals surface area (Å²) in [6.07, 6.45) is 1.71. The molecule has 2 aromatic carbocycles. The van der Waals surface area contributed by atoms with E-state index in [9.17, 15) is 0 Å². The van der Waals surface area contributed by atoms with Gasteiger partial charge in [-0.25, -0.2) is 0 Å². The van der Waals surface area contributed by atoms with Crippen LogP contribution in [-0.4, -0.2) is 4.57 Å². The number of aromatic nitrogens is 1. The molecule has 4 rings (SSSR count). The lowest BCUT2D eigenvalue weighted by Crippen LogP contribution is -1.96. The highest BCUT2D eigenvalue weighted by Crippen LogP contribution is 2.37. The van der Waals surface area contributed by atoms with Gasteiger partial charge in [-0.05, 0) is 40.2 Å². The second kappa shape index (κ2) is 5.34. The molecule has 22 heavy (non-hydrogen) atoms. The van der Waals surface area contributed by atoms with Crippen molar-refractivity contribution in [2.75, 3.05) is 0 Å². The summed E-state index contributed by atoms with van der Waals surface area (Å²) < 4.78 is 8.75. The Hall–Kier alpha value is -1.97. The van der Waals surface area contributed by atoms with E-state index < -0.39 is 0 Å². The molecule has 4 aromatic rings. The summed E-state index contributed by atoms with van der Waals surface area (Å²) in [6.45, 7) is 0. The number of nitrogens with zero attached hydrogens (tertiary/aromatic N) is 1. The third-order valence-electron chi connectivity index (χ3n) is 3.62. The van der Waals surface area contributed by atoms with E-state index in [1.54, 1.807) is 6.26 Å². The Morgan fingerprint density at radius 1 is 0.955 bits per heavy atom. The first kappa shape index (κ1) is 13.7. The zero-order valence-electron chi connectivity index (χ0n) is 11.5. The van der Waals surface area contributed by atoms with Crippen LogP contribution in [0.5, 0.6) is 0 Å². The van der Waals surface area contributed by atoms with Crippen LogP contribution in [0, 0.1) is 0 Å². The zero-order valence-corrected chi connectivity index (χ0v) is 13.8. The summed E-state index contributed by atoms with van der Waals surface area (Å²) in [4.78, 5) is 0.